The molecule has 5 nitrogen and oxygen atoms in total. The Morgan fingerprint density at radius 1 is 1.12 bits per heavy atom. The van der Waals surface area contributed by atoms with E-state index >= 15 is 0 Å². The Balaban J connectivity index is 1.57. The number of benzene rings is 1. The maximum Gasteiger partial charge on any atom is 0.340 e. The summed E-state index contributed by atoms with van der Waals surface area (Å²) < 4.78 is 9.34. The summed E-state index contributed by atoms with van der Waals surface area (Å²) in [6.07, 6.45) is 5.69. The largest absolute Gasteiger partial charge is 0.455 e. The Bertz CT molecular complexity index is 1060. The number of hydrogen-bond acceptors (Lipinski definition) is 3. The monoisotopic (exact) mass is 319 g/mol. The molecular weight excluding hydrogens is 302 g/mol. The SMILES string of the molecule is Cc1ccc2nc(COC(=O)c3cn(C)c4ccccc34)cn2c1. The quantitative estimate of drug-likeness (QED) is 0.543. The minimum Gasteiger partial charge on any atom is -0.455 e. The number of rotatable bonds is 3. The molecule has 0 aliphatic rings. The lowest BCUT2D eigenvalue weighted by Crippen LogP contribution is -2.05. The third-order valence-electron chi connectivity index (χ3n) is 4.12. The number of pyridine rings is 1. The van der Waals surface area contributed by atoms with Gasteiger partial charge in [-0.15, -0.1) is 0 Å². The van der Waals surface area contributed by atoms with Gasteiger partial charge in [0.2, 0.25) is 0 Å². The summed E-state index contributed by atoms with van der Waals surface area (Å²) in [4.78, 5) is 16.9. The van der Waals surface area contributed by atoms with Gasteiger partial charge >= 0.3 is 5.97 Å². The maximum absolute atomic E-state index is 12.4. The van der Waals surface area contributed by atoms with E-state index in [0.717, 1.165) is 27.8 Å². The molecule has 0 spiro atoms. The van der Waals surface area contributed by atoms with E-state index in [4.69, 9.17) is 4.74 Å². The lowest BCUT2D eigenvalue weighted by atomic mass is 10.2. The fourth-order valence-electron chi connectivity index (χ4n) is 2.95. The normalized spacial score (nSPS) is 11.2. The van der Waals surface area contributed by atoms with Crippen LogP contribution in [0.5, 0.6) is 0 Å². The van der Waals surface area contributed by atoms with E-state index in [-0.39, 0.29) is 12.6 Å². The molecule has 3 aromatic heterocycles. The Morgan fingerprint density at radius 3 is 2.83 bits per heavy atom. The van der Waals surface area contributed by atoms with Crippen molar-refractivity contribution in [3.05, 3.63) is 71.8 Å². The van der Waals surface area contributed by atoms with Crippen molar-refractivity contribution in [2.24, 2.45) is 7.05 Å². The molecule has 0 atom stereocenters. The molecule has 0 amide bonds. The first kappa shape index (κ1) is 14.5. The van der Waals surface area contributed by atoms with Crippen LogP contribution in [0, 0.1) is 6.92 Å². The number of para-hydroxylation sites is 1. The van der Waals surface area contributed by atoms with Gasteiger partial charge in [-0.25, -0.2) is 9.78 Å². The average molecular weight is 319 g/mol. The van der Waals surface area contributed by atoms with Crippen LogP contribution in [0.2, 0.25) is 0 Å². The van der Waals surface area contributed by atoms with Gasteiger partial charge in [-0.2, -0.15) is 0 Å². The first-order valence-corrected chi connectivity index (χ1v) is 7.77. The zero-order valence-corrected chi connectivity index (χ0v) is 13.6. The molecule has 5 heteroatoms. The Morgan fingerprint density at radius 2 is 1.96 bits per heavy atom. The summed E-state index contributed by atoms with van der Waals surface area (Å²) in [6, 6.07) is 11.7. The van der Waals surface area contributed by atoms with Crippen molar-refractivity contribution in [2.75, 3.05) is 0 Å². The van der Waals surface area contributed by atoms with Gasteiger partial charge < -0.3 is 13.7 Å². The molecule has 0 aliphatic heterocycles. The summed E-state index contributed by atoms with van der Waals surface area (Å²) in [7, 11) is 1.92. The van der Waals surface area contributed by atoms with E-state index in [1.165, 1.54) is 0 Å². The van der Waals surface area contributed by atoms with Gasteiger partial charge in [0, 0.05) is 36.5 Å². The van der Waals surface area contributed by atoms with Gasteiger partial charge in [-0.05, 0) is 24.6 Å². The van der Waals surface area contributed by atoms with E-state index in [1.54, 1.807) is 6.20 Å². The van der Waals surface area contributed by atoms with Crippen LogP contribution >= 0.6 is 0 Å². The van der Waals surface area contributed by atoms with E-state index < -0.39 is 0 Å². The number of aryl methyl sites for hydroxylation is 2. The second-order valence-corrected chi connectivity index (χ2v) is 5.95. The molecule has 24 heavy (non-hydrogen) atoms. The minimum atomic E-state index is -0.333. The highest BCUT2D eigenvalue weighted by Crippen LogP contribution is 2.21. The van der Waals surface area contributed by atoms with Crippen LogP contribution in [0.15, 0.2) is 55.0 Å². The molecule has 3 heterocycles. The molecular formula is C19H17N3O2. The Hall–Kier alpha value is -3.08. The van der Waals surface area contributed by atoms with Crippen molar-refractivity contribution >= 4 is 22.5 Å². The number of nitrogens with zero attached hydrogens (tertiary/aromatic N) is 3. The van der Waals surface area contributed by atoms with Crippen LogP contribution in [0.3, 0.4) is 0 Å². The summed E-state index contributed by atoms with van der Waals surface area (Å²) in [5.74, 6) is -0.333. The van der Waals surface area contributed by atoms with Crippen LogP contribution in [0.25, 0.3) is 16.6 Å². The Labute approximate surface area is 139 Å². The van der Waals surface area contributed by atoms with Crippen molar-refractivity contribution in [1.82, 2.24) is 14.0 Å². The fraction of sp³-hybridized carbons (Fsp3) is 0.158. The van der Waals surface area contributed by atoms with Gasteiger partial charge in [0.15, 0.2) is 0 Å². The zero-order chi connectivity index (χ0) is 16.7. The molecule has 0 bridgehead atoms. The number of hydrogen-bond donors (Lipinski definition) is 0. The molecule has 120 valence electrons. The second-order valence-electron chi connectivity index (χ2n) is 5.95. The first-order chi connectivity index (χ1) is 11.6. The standard InChI is InChI=1S/C19H17N3O2/c1-13-7-8-18-20-14(10-22(18)9-13)12-24-19(23)16-11-21(2)17-6-4-3-5-15(16)17/h3-11H,12H2,1-2H3. The average Bonchev–Trinajstić information content (AvgIpc) is 3.13. The van der Waals surface area contributed by atoms with Crippen LogP contribution in [0.4, 0.5) is 0 Å². The highest BCUT2D eigenvalue weighted by Gasteiger charge is 2.15. The summed E-state index contributed by atoms with van der Waals surface area (Å²) >= 11 is 0. The highest BCUT2D eigenvalue weighted by atomic mass is 16.5. The number of aromatic nitrogens is 3. The number of imidazole rings is 1. The Kier molecular flexibility index (Phi) is 3.34. The van der Waals surface area contributed by atoms with Crippen molar-refractivity contribution in [3.63, 3.8) is 0 Å². The van der Waals surface area contributed by atoms with Crippen LogP contribution < -0.4 is 0 Å². The second kappa shape index (κ2) is 5.53. The summed E-state index contributed by atoms with van der Waals surface area (Å²) in [5, 5.41) is 0.899. The summed E-state index contributed by atoms with van der Waals surface area (Å²) in [5.41, 5.74) is 4.31. The molecule has 0 unspecified atom stereocenters. The van der Waals surface area contributed by atoms with E-state index in [1.807, 2.05) is 71.7 Å². The van der Waals surface area contributed by atoms with Crippen molar-refractivity contribution in [2.45, 2.75) is 13.5 Å². The highest BCUT2D eigenvalue weighted by molar-refractivity contribution is 6.04. The number of carbonyl (C=O) groups excluding carboxylic acids is 1. The molecule has 0 fully saturated rings. The van der Waals surface area contributed by atoms with E-state index in [0.29, 0.717) is 5.56 Å². The topological polar surface area (TPSA) is 48.5 Å². The third kappa shape index (κ3) is 2.44. The predicted molar refractivity (Wildman–Crippen MR) is 92.0 cm³/mol. The van der Waals surface area contributed by atoms with Crippen molar-refractivity contribution < 1.29 is 9.53 Å². The van der Waals surface area contributed by atoms with Crippen LogP contribution in [0.1, 0.15) is 21.6 Å². The smallest absolute Gasteiger partial charge is 0.340 e. The molecule has 4 rings (SSSR count). The number of ether oxygens (including phenoxy) is 1. The van der Waals surface area contributed by atoms with Gasteiger partial charge in [0.05, 0.1) is 11.3 Å². The molecule has 0 saturated heterocycles. The molecule has 4 aromatic rings. The van der Waals surface area contributed by atoms with E-state index in [9.17, 15) is 4.79 Å². The zero-order valence-electron chi connectivity index (χ0n) is 13.6. The van der Waals surface area contributed by atoms with Crippen molar-refractivity contribution in [1.29, 1.82) is 0 Å². The maximum atomic E-state index is 12.4. The van der Waals surface area contributed by atoms with Gasteiger partial charge in [-0.3, -0.25) is 0 Å². The van der Waals surface area contributed by atoms with Crippen molar-refractivity contribution in [3.8, 4) is 0 Å². The third-order valence-corrected chi connectivity index (χ3v) is 4.12. The molecule has 0 radical (unpaired) electrons. The molecule has 1 aromatic carbocycles. The molecule has 0 aliphatic carbocycles. The first-order valence-electron chi connectivity index (χ1n) is 7.77. The van der Waals surface area contributed by atoms with Crippen LogP contribution in [-0.4, -0.2) is 19.9 Å². The molecule has 0 N–H and O–H groups in total. The predicted octanol–water partition coefficient (Wildman–Crippen LogP) is 3.49. The molecule has 0 saturated carbocycles. The van der Waals surface area contributed by atoms with Gasteiger partial charge in [0.1, 0.15) is 12.3 Å². The number of carbonyl (C=O) groups is 1. The fourth-order valence-corrected chi connectivity index (χ4v) is 2.95. The van der Waals surface area contributed by atoms with Crippen LogP contribution in [-0.2, 0) is 18.4 Å². The lowest BCUT2D eigenvalue weighted by molar-refractivity contribution is 0.0470. The summed E-state index contributed by atoms with van der Waals surface area (Å²) in [6.45, 7) is 2.18. The van der Waals surface area contributed by atoms with Gasteiger partial charge in [-0.1, -0.05) is 24.3 Å². The minimum absolute atomic E-state index is 0.156. The lowest BCUT2D eigenvalue weighted by Gasteiger charge is -2.01. The van der Waals surface area contributed by atoms with Gasteiger partial charge in [0.25, 0.3) is 0 Å². The number of fused-ring (bicyclic) bond motifs is 2. The van der Waals surface area contributed by atoms with E-state index in [2.05, 4.69) is 4.98 Å². The number of esters is 1.